The Morgan fingerprint density at radius 2 is 2.31 bits per heavy atom. The fraction of sp³-hybridized carbons (Fsp3) is 0.182. The molecule has 0 bridgehead atoms. The van der Waals surface area contributed by atoms with Gasteiger partial charge in [0.05, 0.1) is 5.69 Å². The predicted octanol–water partition coefficient (Wildman–Crippen LogP) is 2.04. The lowest BCUT2D eigenvalue weighted by atomic mass is 10.3. The fourth-order valence-electron chi connectivity index (χ4n) is 1.34. The minimum atomic E-state index is -0.296. The molecular weight excluding hydrogens is 209 g/mol. The first-order chi connectivity index (χ1) is 7.70. The molecule has 0 saturated heterocycles. The molecule has 2 rings (SSSR count). The highest BCUT2D eigenvalue weighted by molar-refractivity contribution is 5.54. The Balaban J connectivity index is 2.27. The van der Waals surface area contributed by atoms with Gasteiger partial charge in [-0.2, -0.15) is 4.98 Å². The van der Waals surface area contributed by atoms with Crippen molar-refractivity contribution < 1.29 is 8.81 Å². The molecule has 2 aromatic rings. The van der Waals surface area contributed by atoms with E-state index in [0.29, 0.717) is 23.9 Å². The number of hydrogen-bond acceptors (Lipinski definition) is 4. The number of anilines is 2. The van der Waals surface area contributed by atoms with Crippen molar-refractivity contribution in [1.82, 2.24) is 4.98 Å². The van der Waals surface area contributed by atoms with Crippen LogP contribution in [0.2, 0.25) is 0 Å². The largest absolute Gasteiger partial charge is 0.431 e. The molecule has 0 aliphatic heterocycles. The van der Waals surface area contributed by atoms with Crippen LogP contribution in [0, 0.1) is 5.82 Å². The number of rotatable bonds is 3. The molecule has 0 radical (unpaired) electrons. The number of aromatic nitrogens is 1. The van der Waals surface area contributed by atoms with Gasteiger partial charge in [-0.25, -0.2) is 4.39 Å². The predicted molar refractivity (Wildman–Crippen MR) is 58.9 cm³/mol. The van der Waals surface area contributed by atoms with E-state index in [4.69, 9.17) is 10.2 Å². The molecule has 1 aromatic heterocycles. The monoisotopic (exact) mass is 221 g/mol. The number of hydrogen-bond donors (Lipinski definition) is 1. The first-order valence-corrected chi connectivity index (χ1v) is 4.84. The molecule has 2 N–H and O–H groups in total. The summed E-state index contributed by atoms with van der Waals surface area (Å²) in [5.74, 6) is -0.296. The van der Waals surface area contributed by atoms with Crippen molar-refractivity contribution in [1.29, 1.82) is 0 Å². The lowest BCUT2D eigenvalue weighted by molar-refractivity contribution is 0.559. The zero-order chi connectivity index (χ0) is 11.5. The van der Waals surface area contributed by atoms with Gasteiger partial charge in [-0.1, -0.05) is 6.07 Å². The standard InChI is InChI=1S/C11H12FN3O/c1-15(10-4-2-3-8(12)5-10)11-14-9(6-13)7-16-11/h2-5,7H,6,13H2,1H3. The first kappa shape index (κ1) is 10.6. The Labute approximate surface area is 92.5 Å². The highest BCUT2D eigenvalue weighted by Gasteiger charge is 2.10. The molecule has 4 nitrogen and oxygen atoms in total. The SMILES string of the molecule is CN(c1cccc(F)c1)c1nc(CN)co1. The molecule has 0 atom stereocenters. The number of nitrogens with zero attached hydrogens (tertiary/aromatic N) is 2. The molecule has 0 spiro atoms. The summed E-state index contributed by atoms with van der Waals surface area (Å²) in [4.78, 5) is 5.80. The molecule has 0 unspecified atom stereocenters. The van der Waals surface area contributed by atoms with Crippen molar-refractivity contribution in [3.05, 3.63) is 42.0 Å². The van der Waals surface area contributed by atoms with E-state index in [1.807, 2.05) is 0 Å². The minimum absolute atomic E-state index is 0.296. The van der Waals surface area contributed by atoms with E-state index in [0.717, 1.165) is 0 Å². The third kappa shape index (κ3) is 2.04. The van der Waals surface area contributed by atoms with Crippen LogP contribution in [0.4, 0.5) is 16.1 Å². The van der Waals surface area contributed by atoms with Crippen LogP contribution in [-0.4, -0.2) is 12.0 Å². The Bertz CT molecular complexity index is 484. The lowest BCUT2D eigenvalue weighted by Gasteiger charge is -2.14. The fourth-order valence-corrected chi connectivity index (χ4v) is 1.34. The Hall–Kier alpha value is -1.88. The smallest absolute Gasteiger partial charge is 0.301 e. The van der Waals surface area contributed by atoms with Crippen LogP contribution < -0.4 is 10.6 Å². The van der Waals surface area contributed by atoms with Crippen molar-refractivity contribution in [2.45, 2.75) is 6.54 Å². The summed E-state index contributed by atoms with van der Waals surface area (Å²) >= 11 is 0. The summed E-state index contributed by atoms with van der Waals surface area (Å²) < 4.78 is 18.2. The summed E-state index contributed by atoms with van der Waals surface area (Å²) in [7, 11) is 1.75. The first-order valence-electron chi connectivity index (χ1n) is 4.84. The van der Waals surface area contributed by atoms with E-state index in [1.54, 1.807) is 24.1 Å². The van der Waals surface area contributed by atoms with Gasteiger partial charge in [0.1, 0.15) is 12.1 Å². The quantitative estimate of drug-likeness (QED) is 0.861. The summed E-state index contributed by atoms with van der Waals surface area (Å²) in [5.41, 5.74) is 6.76. The molecule has 0 aliphatic carbocycles. The van der Waals surface area contributed by atoms with Crippen LogP contribution in [0.3, 0.4) is 0 Å². The average Bonchev–Trinajstić information content (AvgIpc) is 2.76. The third-order valence-corrected chi connectivity index (χ3v) is 2.23. The van der Waals surface area contributed by atoms with Gasteiger partial charge in [0, 0.05) is 19.3 Å². The Morgan fingerprint density at radius 3 is 2.94 bits per heavy atom. The van der Waals surface area contributed by atoms with Gasteiger partial charge in [0.25, 0.3) is 0 Å². The zero-order valence-electron chi connectivity index (χ0n) is 8.85. The van der Waals surface area contributed by atoms with E-state index in [1.165, 1.54) is 18.4 Å². The second-order valence-corrected chi connectivity index (χ2v) is 3.36. The van der Waals surface area contributed by atoms with Gasteiger partial charge >= 0.3 is 6.01 Å². The maximum Gasteiger partial charge on any atom is 0.301 e. The van der Waals surface area contributed by atoms with Gasteiger partial charge in [-0.05, 0) is 18.2 Å². The number of benzene rings is 1. The van der Waals surface area contributed by atoms with E-state index in [-0.39, 0.29) is 5.82 Å². The molecular formula is C11H12FN3O. The van der Waals surface area contributed by atoms with Gasteiger partial charge in [-0.3, -0.25) is 4.90 Å². The average molecular weight is 221 g/mol. The maximum absolute atomic E-state index is 13.0. The van der Waals surface area contributed by atoms with Crippen LogP contribution in [0.15, 0.2) is 34.9 Å². The van der Waals surface area contributed by atoms with E-state index < -0.39 is 0 Å². The topological polar surface area (TPSA) is 55.3 Å². The zero-order valence-corrected chi connectivity index (χ0v) is 8.85. The number of oxazole rings is 1. The number of nitrogens with two attached hydrogens (primary N) is 1. The van der Waals surface area contributed by atoms with E-state index >= 15 is 0 Å². The summed E-state index contributed by atoms with van der Waals surface area (Å²) in [6, 6.07) is 6.60. The molecule has 0 aliphatic rings. The molecule has 0 saturated carbocycles. The third-order valence-electron chi connectivity index (χ3n) is 2.23. The van der Waals surface area contributed by atoms with Crippen LogP contribution >= 0.6 is 0 Å². The minimum Gasteiger partial charge on any atom is -0.431 e. The highest BCUT2D eigenvalue weighted by Crippen LogP contribution is 2.22. The van der Waals surface area contributed by atoms with Crippen LogP contribution in [0.1, 0.15) is 5.69 Å². The Morgan fingerprint density at radius 1 is 1.50 bits per heavy atom. The molecule has 1 heterocycles. The van der Waals surface area contributed by atoms with Crippen LogP contribution in [0.5, 0.6) is 0 Å². The second kappa shape index (κ2) is 4.32. The molecule has 16 heavy (non-hydrogen) atoms. The van der Waals surface area contributed by atoms with E-state index in [2.05, 4.69) is 4.98 Å². The van der Waals surface area contributed by atoms with Crippen molar-refractivity contribution >= 4 is 11.7 Å². The molecule has 0 amide bonds. The van der Waals surface area contributed by atoms with Crippen molar-refractivity contribution in [2.24, 2.45) is 5.73 Å². The lowest BCUT2D eigenvalue weighted by Crippen LogP contribution is -2.10. The van der Waals surface area contributed by atoms with E-state index in [9.17, 15) is 4.39 Å². The van der Waals surface area contributed by atoms with Crippen molar-refractivity contribution in [2.75, 3.05) is 11.9 Å². The molecule has 1 aromatic carbocycles. The second-order valence-electron chi connectivity index (χ2n) is 3.36. The number of halogens is 1. The summed E-state index contributed by atoms with van der Waals surface area (Å²) in [6.07, 6.45) is 1.49. The van der Waals surface area contributed by atoms with Crippen LogP contribution in [-0.2, 0) is 6.54 Å². The van der Waals surface area contributed by atoms with Gasteiger partial charge < -0.3 is 10.2 Å². The Kier molecular flexibility index (Phi) is 2.87. The van der Waals surface area contributed by atoms with Gasteiger partial charge in [0.2, 0.25) is 0 Å². The maximum atomic E-state index is 13.0. The molecule has 84 valence electrons. The summed E-state index contributed by atoms with van der Waals surface area (Å²) in [6.45, 7) is 0.320. The molecule has 5 heteroatoms. The van der Waals surface area contributed by atoms with Crippen molar-refractivity contribution in [3.63, 3.8) is 0 Å². The molecule has 0 fully saturated rings. The van der Waals surface area contributed by atoms with Gasteiger partial charge in [-0.15, -0.1) is 0 Å². The highest BCUT2D eigenvalue weighted by atomic mass is 19.1. The van der Waals surface area contributed by atoms with Gasteiger partial charge in [0.15, 0.2) is 0 Å². The van der Waals surface area contributed by atoms with Crippen molar-refractivity contribution in [3.8, 4) is 0 Å². The van der Waals surface area contributed by atoms with Crippen LogP contribution in [0.25, 0.3) is 0 Å². The normalized spacial score (nSPS) is 10.4. The summed E-state index contributed by atoms with van der Waals surface area (Å²) in [5, 5.41) is 0.